The average Bonchev–Trinajstić information content (AvgIpc) is 2.48. The number of methoxy groups -OCH3 is 1. The van der Waals surface area contributed by atoms with Gasteiger partial charge in [-0.3, -0.25) is 4.28 Å². The number of esters is 1. The summed E-state index contributed by atoms with van der Waals surface area (Å²) < 4.78 is 32.8. The van der Waals surface area contributed by atoms with Crippen LogP contribution in [-0.2, 0) is 29.7 Å². The van der Waals surface area contributed by atoms with Crippen LogP contribution < -0.4 is 0 Å². The molecule has 1 aromatic rings. The van der Waals surface area contributed by atoms with Gasteiger partial charge >= 0.3 is 16.1 Å². The number of carbonyl (C=O) groups is 1. The zero-order valence-corrected chi connectivity index (χ0v) is 13.9. The van der Waals surface area contributed by atoms with Crippen molar-refractivity contribution in [3.8, 4) is 0 Å². The maximum Gasteiger partial charge on any atom is 0.366 e. The fourth-order valence-electron chi connectivity index (χ4n) is 1.35. The summed E-state index contributed by atoms with van der Waals surface area (Å²) in [4.78, 5) is 11.4. The molecule has 0 spiro atoms. The molecular weight excluding hydrogens is 326 g/mol. The Kier molecular flexibility index (Phi) is 7.13. The zero-order valence-electron chi connectivity index (χ0n) is 12.3. The number of oxime groups is 1. The van der Waals surface area contributed by atoms with E-state index >= 15 is 0 Å². The van der Waals surface area contributed by atoms with Crippen LogP contribution in [0.1, 0.15) is 11.1 Å². The van der Waals surface area contributed by atoms with E-state index in [-0.39, 0.29) is 10.8 Å². The van der Waals surface area contributed by atoms with Crippen molar-refractivity contribution in [2.24, 2.45) is 5.16 Å². The normalized spacial score (nSPS) is 11.8. The van der Waals surface area contributed by atoms with E-state index in [4.69, 9.17) is 0 Å². The molecule has 0 radical (unpaired) electrons. The molecule has 8 heteroatoms. The highest BCUT2D eigenvalue weighted by Gasteiger charge is 2.17. The van der Waals surface area contributed by atoms with Gasteiger partial charge in [-0.05, 0) is 12.5 Å². The number of thioether (sulfide) groups is 1. The lowest BCUT2D eigenvalue weighted by Gasteiger charge is -2.05. The highest BCUT2D eigenvalue weighted by Crippen LogP contribution is 2.12. The van der Waals surface area contributed by atoms with Gasteiger partial charge in [-0.2, -0.15) is 8.42 Å². The van der Waals surface area contributed by atoms with E-state index in [2.05, 4.69) is 20.8 Å². The predicted octanol–water partition coefficient (Wildman–Crippen LogP) is 2.25. The van der Waals surface area contributed by atoms with Gasteiger partial charge in [0.1, 0.15) is 5.75 Å². The van der Waals surface area contributed by atoms with Crippen LogP contribution in [0.3, 0.4) is 0 Å². The van der Waals surface area contributed by atoms with Crippen molar-refractivity contribution >= 4 is 32.9 Å². The summed E-state index contributed by atoms with van der Waals surface area (Å²) in [5, 5.41) is 3.20. The van der Waals surface area contributed by atoms with Gasteiger partial charge in [0, 0.05) is 5.75 Å². The summed E-state index contributed by atoms with van der Waals surface area (Å²) in [5.74, 6) is -0.732. The lowest BCUT2D eigenvalue weighted by Crippen LogP contribution is -2.15. The summed E-state index contributed by atoms with van der Waals surface area (Å²) in [6.07, 6.45) is 1.55. The van der Waals surface area contributed by atoms with Gasteiger partial charge in [-0.15, -0.1) is 6.58 Å². The number of rotatable bonds is 6. The maximum absolute atomic E-state index is 11.9. The lowest BCUT2D eigenvalue weighted by atomic mass is 10.2. The fraction of sp³-hybridized carbons (Fsp3) is 0.286. The Bertz CT molecular complexity index is 650. The Morgan fingerprint density at radius 3 is 2.55 bits per heavy atom. The van der Waals surface area contributed by atoms with Crippen LogP contribution in [0.4, 0.5) is 0 Å². The molecule has 0 aliphatic heterocycles. The molecule has 0 heterocycles. The Labute approximate surface area is 134 Å². The zero-order chi connectivity index (χ0) is 16.6. The first-order valence-corrected chi connectivity index (χ1v) is 8.81. The first-order chi connectivity index (χ1) is 10.4. The minimum atomic E-state index is -3.94. The van der Waals surface area contributed by atoms with Crippen LogP contribution in [0, 0.1) is 6.92 Å². The van der Waals surface area contributed by atoms with Crippen LogP contribution in [0.5, 0.6) is 0 Å². The van der Waals surface area contributed by atoms with Gasteiger partial charge in [0.25, 0.3) is 0 Å². The second-order valence-corrected chi connectivity index (χ2v) is 6.81. The number of ether oxygens (including phenoxy) is 1. The fourth-order valence-corrected chi connectivity index (χ4v) is 2.81. The number of aryl methyl sites for hydroxylation is 1. The minimum absolute atomic E-state index is 0.185. The van der Waals surface area contributed by atoms with Crippen molar-refractivity contribution in [2.45, 2.75) is 12.7 Å². The molecule has 0 saturated heterocycles. The summed E-state index contributed by atoms with van der Waals surface area (Å²) in [7, 11) is -2.77. The van der Waals surface area contributed by atoms with Crippen molar-refractivity contribution < 1.29 is 22.2 Å². The quantitative estimate of drug-likeness (QED) is 0.259. The van der Waals surface area contributed by atoms with E-state index in [0.717, 1.165) is 17.3 Å². The third kappa shape index (κ3) is 6.31. The number of hydrogen-bond donors (Lipinski definition) is 0. The number of benzene rings is 1. The highest BCUT2D eigenvalue weighted by molar-refractivity contribution is 8.15. The summed E-state index contributed by atoms with van der Waals surface area (Å²) in [5.41, 5.74) is 1.59. The smallest absolute Gasteiger partial charge is 0.366 e. The van der Waals surface area contributed by atoms with Crippen molar-refractivity contribution in [3.05, 3.63) is 48.0 Å². The van der Waals surface area contributed by atoms with Gasteiger partial charge in [-0.25, -0.2) is 4.79 Å². The van der Waals surface area contributed by atoms with E-state index in [9.17, 15) is 13.2 Å². The molecule has 0 atom stereocenters. The second-order valence-electron chi connectivity index (χ2n) is 4.25. The molecule has 0 N–H and O–H groups in total. The summed E-state index contributed by atoms with van der Waals surface area (Å²) in [6, 6.07) is 6.98. The average molecular weight is 343 g/mol. The first-order valence-electron chi connectivity index (χ1n) is 6.25. The molecule has 1 aromatic carbocycles. The Morgan fingerprint density at radius 1 is 1.36 bits per heavy atom. The van der Waals surface area contributed by atoms with E-state index in [0.29, 0.717) is 11.3 Å². The molecule has 6 nitrogen and oxygen atoms in total. The van der Waals surface area contributed by atoms with Crippen LogP contribution in [-0.4, -0.2) is 32.3 Å². The van der Waals surface area contributed by atoms with Crippen LogP contribution >= 0.6 is 11.8 Å². The number of nitrogens with zero attached hydrogens (tertiary/aromatic N) is 1. The number of hydrogen-bond acceptors (Lipinski definition) is 7. The molecule has 120 valence electrons. The predicted molar refractivity (Wildman–Crippen MR) is 87.0 cm³/mol. The molecule has 1 rings (SSSR count). The van der Waals surface area contributed by atoms with Gasteiger partial charge in [-0.1, -0.05) is 52.8 Å². The van der Waals surface area contributed by atoms with Gasteiger partial charge in [0.05, 0.1) is 7.11 Å². The Morgan fingerprint density at radius 2 is 2.00 bits per heavy atom. The summed E-state index contributed by atoms with van der Waals surface area (Å²) in [6.45, 7) is 5.40. The summed E-state index contributed by atoms with van der Waals surface area (Å²) >= 11 is 0.971. The SMILES string of the molecule is C=CCSC(=NOS(=O)(=O)Cc1ccc(C)cc1)C(=O)OC. The van der Waals surface area contributed by atoms with E-state index in [1.54, 1.807) is 30.3 Å². The van der Waals surface area contributed by atoms with Crippen molar-refractivity contribution in [1.29, 1.82) is 0 Å². The van der Waals surface area contributed by atoms with E-state index < -0.39 is 16.1 Å². The molecule has 0 amide bonds. The van der Waals surface area contributed by atoms with Gasteiger partial charge in [0.2, 0.25) is 5.04 Å². The van der Waals surface area contributed by atoms with Crippen LogP contribution in [0.15, 0.2) is 42.1 Å². The Balaban J connectivity index is 2.79. The molecule has 0 saturated carbocycles. The van der Waals surface area contributed by atoms with Crippen LogP contribution in [0.25, 0.3) is 0 Å². The molecule has 0 fully saturated rings. The molecular formula is C14H17NO5S2. The van der Waals surface area contributed by atoms with Gasteiger partial charge in [0.15, 0.2) is 0 Å². The van der Waals surface area contributed by atoms with Crippen molar-refractivity contribution in [2.75, 3.05) is 12.9 Å². The standard InChI is InChI=1S/C14H17NO5S2/c1-4-9-21-13(14(16)19-3)15-20-22(17,18)10-12-7-5-11(2)6-8-12/h4-8H,1,9-10H2,2-3H3. The monoisotopic (exact) mass is 343 g/mol. The van der Waals surface area contributed by atoms with E-state index in [1.807, 2.05) is 6.92 Å². The lowest BCUT2D eigenvalue weighted by molar-refractivity contribution is -0.132. The van der Waals surface area contributed by atoms with Crippen molar-refractivity contribution in [3.63, 3.8) is 0 Å². The molecule has 0 aliphatic carbocycles. The largest absolute Gasteiger partial charge is 0.464 e. The highest BCUT2D eigenvalue weighted by atomic mass is 32.2. The molecule has 0 bridgehead atoms. The molecule has 0 aromatic heterocycles. The van der Waals surface area contributed by atoms with Gasteiger partial charge < -0.3 is 4.74 Å². The number of carbonyl (C=O) groups excluding carboxylic acids is 1. The van der Waals surface area contributed by atoms with E-state index in [1.165, 1.54) is 7.11 Å². The minimum Gasteiger partial charge on any atom is -0.464 e. The second kappa shape index (κ2) is 8.60. The van der Waals surface area contributed by atoms with Crippen LogP contribution in [0.2, 0.25) is 0 Å². The maximum atomic E-state index is 11.9. The third-order valence-corrected chi connectivity index (χ3v) is 4.30. The Hall–Kier alpha value is -1.80. The van der Waals surface area contributed by atoms with Crippen molar-refractivity contribution in [1.82, 2.24) is 0 Å². The third-order valence-electron chi connectivity index (χ3n) is 2.40. The molecule has 0 unspecified atom stereocenters. The molecule has 0 aliphatic rings. The molecule has 22 heavy (non-hydrogen) atoms. The topological polar surface area (TPSA) is 82.0 Å². The first kappa shape index (κ1) is 18.2.